The van der Waals surface area contributed by atoms with Crippen LogP contribution in [0.2, 0.25) is 0 Å². The van der Waals surface area contributed by atoms with Gasteiger partial charge < -0.3 is 28.8 Å². The highest BCUT2D eigenvalue weighted by molar-refractivity contribution is 7.45. The van der Waals surface area contributed by atoms with Gasteiger partial charge in [0, 0.05) is 6.42 Å². The molecule has 0 aliphatic heterocycles. The van der Waals surface area contributed by atoms with Gasteiger partial charge in [0.15, 0.2) is 0 Å². The van der Waals surface area contributed by atoms with E-state index in [0.29, 0.717) is 23.9 Å². The Kier molecular flexibility index (Phi) is 57.6. The third kappa shape index (κ3) is 62.6. The topological polar surface area (TPSA) is 108 Å². The molecule has 79 heavy (non-hydrogen) atoms. The number of hydrogen-bond donors (Lipinski definition) is 2. The molecule has 0 aromatic carbocycles. The molecule has 456 valence electrons. The lowest BCUT2D eigenvalue weighted by molar-refractivity contribution is -0.870. The first-order chi connectivity index (χ1) is 38.5. The Morgan fingerprint density at radius 2 is 0.772 bits per heavy atom. The summed E-state index contributed by atoms with van der Waals surface area (Å²) >= 11 is 0. The number of phosphoric ester groups is 1. The van der Waals surface area contributed by atoms with Crippen molar-refractivity contribution in [3.05, 3.63) is 109 Å². The summed E-state index contributed by atoms with van der Waals surface area (Å²) in [6, 6.07) is -0.821. The molecule has 0 spiro atoms. The molecular weight excluding hydrogens is 996 g/mol. The van der Waals surface area contributed by atoms with Gasteiger partial charge in [-0.2, -0.15) is 0 Å². The van der Waals surface area contributed by atoms with E-state index in [1.54, 1.807) is 0 Å². The first-order valence-corrected chi connectivity index (χ1v) is 34.2. The lowest BCUT2D eigenvalue weighted by Gasteiger charge is -2.30. The average Bonchev–Trinajstić information content (AvgIpc) is 3.42. The first-order valence-electron chi connectivity index (χ1n) is 32.7. The van der Waals surface area contributed by atoms with Crippen molar-refractivity contribution in [2.45, 2.75) is 289 Å². The van der Waals surface area contributed by atoms with E-state index < -0.39 is 20.0 Å². The molecule has 0 saturated carbocycles. The van der Waals surface area contributed by atoms with Gasteiger partial charge in [-0.3, -0.25) is 9.36 Å². The Labute approximate surface area is 489 Å². The summed E-state index contributed by atoms with van der Waals surface area (Å²) in [7, 11) is 1.28. The van der Waals surface area contributed by atoms with E-state index in [1.807, 2.05) is 21.1 Å². The zero-order chi connectivity index (χ0) is 57.7. The summed E-state index contributed by atoms with van der Waals surface area (Å²) in [5, 5.41) is 14.1. The zero-order valence-corrected chi connectivity index (χ0v) is 52.9. The van der Waals surface area contributed by atoms with Gasteiger partial charge in [0.1, 0.15) is 13.2 Å². The quantitative estimate of drug-likeness (QED) is 0.0272. The summed E-state index contributed by atoms with van der Waals surface area (Å²) in [4.78, 5) is 25.6. The summed E-state index contributed by atoms with van der Waals surface area (Å²) in [6.07, 6.45) is 87.1. The van der Waals surface area contributed by atoms with Crippen LogP contribution in [-0.4, -0.2) is 68.5 Å². The number of carbonyl (C=O) groups is 1. The number of hydrogen-bond acceptors (Lipinski definition) is 6. The SMILES string of the molecule is CC/C=C\C/C=C\C/C=C\C/C=C\C/C=C\C/C=C\C/C=C\C/C=C\C/C=C\CCCCCCCC(=O)NC(COP(=O)([O-])OCC[N+](C)(C)C)C(O)CCCCCCCCCCCCCCCCCCCCCCCCCC. The summed E-state index contributed by atoms with van der Waals surface area (Å²) in [6.45, 7) is 4.61. The highest BCUT2D eigenvalue weighted by atomic mass is 31.2. The molecule has 3 unspecified atom stereocenters. The normalized spacial score (nSPS) is 14.5. The fourth-order valence-corrected chi connectivity index (χ4v) is 9.93. The molecule has 0 saturated heterocycles. The lowest BCUT2D eigenvalue weighted by atomic mass is 10.0. The van der Waals surface area contributed by atoms with Crippen LogP contribution < -0.4 is 10.2 Å². The lowest BCUT2D eigenvalue weighted by Crippen LogP contribution is -2.46. The summed E-state index contributed by atoms with van der Waals surface area (Å²) < 4.78 is 23.5. The Morgan fingerprint density at radius 3 is 1.13 bits per heavy atom. The largest absolute Gasteiger partial charge is 0.756 e. The molecule has 0 aliphatic carbocycles. The molecular formula is C70H125N2O6P. The number of phosphoric acid groups is 1. The van der Waals surface area contributed by atoms with Crippen LogP contribution in [0.5, 0.6) is 0 Å². The number of unbranched alkanes of at least 4 members (excludes halogenated alkanes) is 28. The minimum Gasteiger partial charge on any atom is -0.756 e. The van der Waals surface area contributed by atoms with Crippen molar-refractivity contribution in [1.29, 1.82) is 0 Å². The number of nitrogens with zero attached hydrogens (tertiary/aromatic N) is 1. The predicted octanol–water partition coefficient (Wildman–Crippen LogP) is 20.1. The minimum atomic E-state index is -4.59. The van der Waals surface area contributed by atoms with Crippen molar-refractivity contribution in [1.82, 2.24) is 5.32 Å². The summed E-state index contributed by atoms with van der Waals surface area (Å²) in [5.74, 6) is -0.185. The molecule has 0 bridgehead atoms. The van der Waals surface area contributed by atoms with Crippen molar-refractivity contribution in [2.75, 3.05) is 40.9 Å². The Hall–Kier alpha value is -2.84. The van der Waals surface area contributed by atoms with Gasteiger partial charge in [0.2, 0.25) is 5.91 Å². The molecule has 0 radical (unpaired) electrons. The third-order valence-electron chi connectivity index (χ3n) is 14.3. The van der Waals surface area contributed by atoms with E-state index in [0.717, 1.165) is 116 Å². The van der Waals surface area contributed by atoms with Crippen LogP contribution in [0.1, 0.15) is 277 Å². The number of aliphatic hydroxyl groups excluding tert-OH is 1. The molecule has 0 heterocycles. The number of rotatable bonds is 59. The van der Waals surface area contributed by atoms with Crippen molar-refractivity contribution in [2.24, 2.45) is 0 Å². The first kappa shape index (κ1) is 76.2. The molecule has 8 nitrogen and oxygen atoms in total. The van der Waals surface area contributed by atoms with E-state index in [-0.39, 0.29) is 19.1 Å². The van der Waals surface area contributed by atoms with Crippen LogP contribution in [0.25, 0.3) is 0 Å². The number of carbonyl (C=O) groups excluding carboxylic acids is 1. The molecule has 2 N–H and O–H groups in total. The van der Waals surface area contributed by atoms with Gasteiger partial charge in [-0.1, -0.05) is 297 Å². The van der Waals surface area contributed by atoms with E-state index in [9.17, 15) is 19.4 Å². The van der Waals surface area contributed by atoms with Gasteiger partial charge >= 0.3 is 0 Å². The number of likely N-dealkylation sites (N-methyl/N-ethyl adjacent to an activating group) is 1. The molecule has 0 aliphatic rings. The standard InChI is InChI=1S/C70H125N2O6P/c1-6-8-10-12-14-16-18-20-22-24-26-28-30-32-33-34-35-36-37-38-39-40-42-44-46-48-50-52-54-56-58-60-62-64-70(74)71-68(67-78-79(75,76)77-66-65-72(3,4)5)69(73)63-61-59-57-55-53-51-49-47-45-43-41-31-29-27-25-23-21-19-17-15-13-11-9-7-2/h8,10,14,16,20,22,26,28,32-33,35-36,38-39,42,44,48,50,68-69,73H,6-7,9,11-13,15,17-19,21,23-25,27,29-31,34,37,40-41,43,45-47,49,51-67H2,1-5H3,(H-,71,74,75,76)/b10-8-,16-14-,22-20-,28-26-,33-32-,36-35-,39-38-,44-42-,50-48-. The molecule has 1 amide bonds. The molecule has 0 aromatic heterocycles. The highest BCUT2D eigenvalue weighted by Gasteiger charge is 2.24. The van der Waals surface area contributed by atoms with Gasteiger partial charge in [-0.05, 0) is 83.5 Å². The van der Waals surface area contributed by atoms with E-state index in [2.05, 4.69) is 129 Å². The maximum atomic E-state index is 13.0. The monoisotopic (exact) mass is 1120 g/mol. The van der Waals surface area contributed by atoms with Gasteiger partial charge in [0.25, 0.3) is 7.82 Å². The van der Waals surface area contributed by atoms with Crippen LogP contribution in [0.4, 0.5) is 0 Å². The maximum absolute atomic E-state index is 13.0. The predicted molar refractivity (Wildman–Crippen MR) is 343 cm³/mol. The Morgan fingerprint density at radius 1 is 0.456 bits per heavy atom. The van der Waals surface area contributed by atoms with Gasteiger partial charge in [-0.25, -0.2) is 0 Å². The molecule has 0 fully saturated rings. The second-order valence-corrected chi connectivity index (χ2v) is 24.5. The Bertz CT molecular complexity index is 1650. The van der Waals surface area contributed by atoms with Crippen LogP contribution in [0.15, 0.2) is 109 Å². The van der Waals surface area contributed by atoms with Crippen LogP contribution in [-0.2, 0) is 18.4 Å². The number of quaternary nitrogens is 1. The van der Waals surface area contributed by atoms with Crippen molar-refractivity contribution in [3.8, 4) is 0 Å². The number of amides is 1. The van der Waals surface area contributed by atoms with Crippen LogP contribution >= 0.6 is 7.82 Å². The van der Waals surface area contributed by atoms with Gasteiger partial charge in [0.05, 0.1) is 39.9 Å². The zero-order valence-electron chi connectivity index (χ0n) is 52.0. The molecule has 9 heteroatoms. The van der Waals surface area contributed by atoms with Crippen LogP contribution in [0, 0.1) is 0 Å². The van der Waals surface area contributed by atoms with Crippen molar-refractivity contribution in [3.63, 3.8) is 0 Å². The second kappa shape index (κ2) is 59.8. The third-order valence-corrected chi connectivity index (χ3v) is 15.2. The van der Waals surface area contributed by atoms with Crippen LogP contribution in [0.3, 0.4) is 0 Å². The van der Waals surface area contributed by atoms with E-state index in [4.69, 9.17) is 9.05 Å². The second-order valence-electron chi connectivity index (χ2n) is 23.1. The molecule has 3 atom stereocenters. The molecule has 0 rings (SSSR count). The number of aliphatic hydroxyl groups is 1. The maximum Gasteiger partial charge on any atom is 0.268 e. The minimum absolute atomic E-state index is 0.00275. The number of nitrogens with one attached hydrogen (secondary N) is 1. The van der Waals surface area contributed by atoms with E-state index >= 15 is 0 Å². The van der Waals surface area contributed by atoms with Crippen molar-refractivity contribution < 1.29 is 32.9 Å². The number of allylic oxidation sites excluding steroid dienone is 18. The van der Waals surface area contributed by atoms with Gasteiger partial charge in [-0.15, -0.1) is 0 Å². The van der Waals surface area contributed by atoms with Crippen molar-refractivity contribution >= 4 is 13.7 Å². The molecule has 0 aromatic rings. The highest BCUT2D eigenvalue weighted by Crippen LogP contribution is 2.38. The fraction of sp³-hybridized carbons (Fsp3) is 0.729. The van der Waals surface area contributed by atoms with E-state index in [1.165, 1.54) is 135 Å². The average molecular weight is 1120 g/mol. The Balaban J connectivity index is 4.19. The smallest absolute Gasteiger partial charge is 0.268 e. The fourth-order valence-electron chi connectivity index (χ4n) is 9.21. The summed E-state index contributed by atoms with van der Waals surface area (Å²) in [5.41, 5.74) is 0.